The van der Waals surface area contributed by atoms with E-state index in [1.54, 1.807) is 60.7 Å². The third-order valence-corrected chi connectivity index (χ3v) is 6.18. The topological polar surface area (TPSA) is 80.9 Å². The Kier molecular flexibility index (Phi) is 5.41. The summed E-state index contributed by atoms with van der Waals surface area (Å²) in [7, 11) is 0. The van der Waals surface area contributed by atoms with Gasteiger partial charge in [0.1, 0.15) is 22.8 Å². The molecule has 0 unspecified atom stereocenters. The van der Waals surface area contributed by atoms with Gasteiger partial charge in [0, 0.05) is 5.41 Å². The van der Waals surface area contributed by atoms with Crippen LogP contribution < -0.4 is 0 Å². The summed E-state index contributed by atoms with van der Waals surface area (Å²) in [5.74, 6) is 0.466. The Labute approximate surface area is 187 Å². The van der Waals surface area contributed by atoms with Crippen LogP contribution in [0.15, 0.2) is 97.1 Å². The predicted molar refractivity (Wildman–Crippen MR) is 125 cm³/mol. The fourth-order valence-corrected chi connectivity index (χ4v) is 4.08. The summed E-state index contributed by atoms with van der Waals surface area (Å²) in [5.41, 5.74) is 2.22. The molecule has 0 spiro atoms. The fourth-order valence-electron chi connectivity index (χ4n) is 4.08. The van der Waals surface area contributed by atoms with Crippen LogP contribution in [0, 0.1) is 0 Å². The number of rotatable bonds is 5. The second-order valence-corrected chi connectivity index (χ2v) is 8.55. The van der Waals surface area contributed by atoms with E-state index in [0.29, 0.717) is 16.7 Å². The number of benzene rings is 4. The molecule has 0 radical (unpaired) electrons. The van der Waals surface area contributed by atoms with Crippen molar-refractivity contribution in [2.45, 2.75) is 24.9 Å². The van der Waals surface area contributed by atoms with Gasteiger partial charge >= 0.3 is 0 Å². The van der Waals surface area contributed by atoms with Crippen LogP contribution in [0.25, 0.3) is 0 Å². The van der Waals surface area contributed by atoms with Crippen LogP contribution in [0.2, 0.25) is 0 Å². The van der Waals surface area contributed by atoms with Crippen molar-refractivity contribution < 1.29 is 20.4 Å². The molecule has 0 atom stereocenters. The molecule has 0 amide bonds. The van der Waals surface area contributed by atoms with Crippen LogP contribution in [-0.4, -0.2) is 20.4 Å². The number of aliphatic hydroxyl groups is 1. The summed E-state index contributed by atoms with van der Waals surface area (Å²) in [4.78, 5) is 0. The molecule has 4 nitrogen and oxygen atoms in total. The number of hydrogen-bond donors (Lipinski definition) is 4. The van der Waals surface area contributed by atoms with E-state index in [-0.39, 0.29) is 22.7 Å². The van der Waals surface area contributed by atoms with Crippen molar-refractivity contribution >= 4 is 0 Å². The Morgan fingerprint density at radius 2 is 0.625 bits per heavy atom. The smallest absolute Gasteiger partial charge is 0.140 e. The van der Waals surface area contributed by atoms with Gasteiger partial charge < -0.3 is 20.4 Å². The van der Waals surface area contributed by atoms with Crippen molar-refractivity contribution in [3.63, 3.8) is 0 Å². The first-order chi connectivity index (χ1) is 15.2. The molecule has 162 valence electrons. The lowest BCUT2D eigenvalue weighted by Crippen LogP contribution is -2.29. The van der Waals surface area contributed by atoms with E-state index in [1.807, 2.05) is 36.4 Å². The summed E-state index contributed by atoms with van der Waals surface area (Å²) in [6, 6.07) is 27.9. The Balaban J connectivity index is 1.79. The molecule has 4 rings (SSSR count). The first kappa shape index (κ1) is 21.5. The largest absolute Gasteiger partial charge is 0.508 e. The molecular weight excluding hydrogens is 400 g/mol. The lowest BCUT2D eigenvalue weighted by molar-refractivity contribution is 0.125. The van der Waals surface area contributed by atoms with Crippen LogP contribution in [0.1, 0.15) is 41.7 Å². The number of phenolic OH excluding ortho intramolecular Hbond substituents is 3. The van der Waals surface area contributed by atoms with Gasteiger partial charge in [0.15, 0.2) is 0 Å². The zero-order chi connectivity index (χ0) is 22.9. The molecule has 0 saturated carbocycles. The summed E-state index contributed by atoms with van der Waals surface area (Å²) < 4.78 is 0. The van der Waals surface area contributed by atoms with Crippen molar-refractivity contribution in [2.75, 3.05) is 0 Å². The van der Waals surface area contributed by atoms with Gasteiger partial charge in [-0.15, -0.1) is 0 Å². The minimum absolute atomic E-state index is 0.118. The fraction of sp³-hybridized carbons (Fsp3) is 0.143. The van der Waals surface area contributed by atoms with E-state index in [0.717, 1.165) is 11.1 Å². The molecule has 0 aliphatic carbocycles. The van der Waals surface area contributed by atoms with Crippen LogP contribution >= 0.6 is 0 Å². The second kappa shape index (κ2) is 8.06. The summed E-state index contributed by atoms with van der Waals surface area (Å²) in [5, 5.41) is 41.0. The van der Waals surface area contributed by atoms with Crippen LogP contribution in [-0.2, 0) is 11.0 Å². The highest BCUT2D eigenvalue weighted by molar-refractivity contribution is 5.50. The molecule has 4 heteroatoms. The standard InChI is InChI=1S/C28H26O4/c1-27(2,20-7-13-24(29)14-8-20)19-3-5-21(6-4-19)28(32,22-9-15-25(30)16-10-22)23-11-17-26(31)18-12-23/h3-18,29-32H,1-2H3. The van der Waals surface area contributed by atoms with Crippen LogP contribution in [0.3, 0.4) is 0 Å². The lowest BCUT2D eigenvalue weighted by atomic mass is 9.76. The van der Waals surface area contributed by atoms with Crippen molar-refractivity contribution in [3.8, 4) is 17.2 Å². The van der Waals surface area contributed by atoms with Crippen molar-refractivity contribution in [2.24, 2.45) is 0 Å². The van der Waals surface area contributed by atoms with Crippen molar-refractivity contribution in [1.29, 1.82) is 0 Å². The number of hydrogen-bond acceptors (Lipinski definition) is 4. The van der Waals surface area contributed by atoms with Gasteiger partial charge in [-0.1, -0.05) is 74.5 Å². The van der Waals surface area contributed by atoms with E-state index >= 15 is 0 Å². The quantitative estimate of drug-likeness (QED) is 0.322. The monoisotopic (exact) mass is 426 g/mol. The van der Waals surface area contributed by atoms with E-state index in [1.165, 1.54) is 0 Å². The first-order valence-electron chi connectivity index (χ1n) is 10.4. The maximum absolute atomic E-state index is 12.0. The Morgan fingerprint density at radius 1 is 0.406 bits per heavy atom. The summed E-state index contributed by atoms with van der Waals surface area (Å²) in [6.45, 7) is 4.22. The molecule has 0 aliphatic rings. The van der Waals surface area contributed by atoms with E-state index in [4.69, 9.17) is 0 Å². The zero-order valence-corrected chi connectivity index (χ0v) is 18.0. The van der Waals surface area contributed by atoms with Gasteiger partial charge in [0.25, 0.3) is 0 Å². The third kappa shape index (κ3) is 3.81. The zero-order valence-electron chi connectivity index (χ0n) is 18.0. The Hall–Kier alpha value is -3.76. The van der Waals surface area contributed by atoms with E-state index < -0.39 is 5.60 Å². The molecule has 0 heterocycles. The molecule has 4 aromatic carbocycles. The average Bonchev–Trinajstić information content (AvgIpc) is 2.80. The van der Waals surface area contributed by atoms with Gasteiger partial charge in [0.05, 0.1) is 0 Å². The molecular formula is C28H26O4. The lowest BCUT2D eigenvalue weighted by Gasteiger charge is -2.32. The van der Waals surface area contributed by atoms with Crippen molar-refractivity contribution in [1.82, 2.24) is 0 Å². The van der Waals surface area contributed by atoms with Gasteiger partial charge in [-0.05, 0) is 64.2 Å². The molecule has 0 saturated heterocycles. The SMILES string of the molecule is CC(C)(c1ccc(O)cc1)c1ccc(C(O)(c2ccc(O)cc2)c2ccc(O)cc2)cc1. The molecule has 0 bridgehead atoms. The normalized spacial score (nSPS) is 12.0. The summed E-state index contributed by atoms with van der Waals surface area (Å²) >= 11 is 0. The highest BCUT2D eigenvalue weighted by atomic mass is 16.3. The van der Waals surface area contributed by atoms with Crippen LogP contribution in [0.5, 0.6) is 17.2 Å². The molecule has 0 aromatic heterocycles. The van der Waals surface area contributed by atoms with Gasteiger partial charge in [-0.25, -0.2) is 0 Å². The Bertz CT molecular complexity index is 1150. The maximum Gasteiger partial charge on any atom is 0.140 e. The average molecular weight is 427 g/mol. The van der Waals surface area contributed by atoms with Gasteiger partial charge in [-0.2, -0.15) is 0 Å². The van der Waals surface area contributed by atoms with Gasteiger partial charge in [0.2, 0.25) is 0 Å². The molecule has 4 aromatic rings. The first-order valence-corrected chi connectivity index (χ1v) is 10.4. The second-order valence-electron chi connectivity index (χ2n) is 8.55. The molecule has 32 heavy (non-hydrogen) atoms. The minimum Gasteiger partial charge on any atom is -0.508 e. The maximum atomic E-state index is 12.0. The highest BCUT2D eigenvalue weighted by Crippen LogP contribution is 2.39. The molecule has 0 aliphatic heterocycles. The summed E-state index contributed by atoms with van der Waals surface area (Å²) in [6.07, 6.45) is 0. The van der Waals surface area contributed by atoms with Crippen molar-refractivity contribution in [3.05, 3.63) is 125 Å². The Morgan fingerprint density at radius 3 is 0.938 bits per heavy atom. The highest BCUT2D eigenvalue weighted by Gasteiger charge is 2.34. The van der Waals surface area contributed by atoms with E-state index in [9.17, 15) is 20.4 Å². The number of aromatic hydroxyl groups is 3. The third-order valence-electron chi connectivity index (χ3n) is 6.18. The minimum atomic E-state index is -1.47. The number of phenols is 3. The van der Waals surface area contributed by atoms with Gasteiger partial charge in [-0.3, -0.25) is 0 Å². The predicted octanol–water partition coefficient (Wildman–Crippen LogP) is 5.41. The van der Waals surface area contributed by atoms with E-state index in [2.05, 4.69) is 13.8 Å². The molecule has 0 fully saturated rings. The molecule has 4 N–H and O–H groups in total. The van der Waals surface area contributed by atoms with Crippen LogP contribution in [0.4, 0.5) is 0 Å².